The molecule has 27 heavy (non-hydrogen) atoms. The van der Waals surface area contributed by atoms with Crippen molar-refractivity contribution in [3.8, 4) is 0 Å². The minimum atomic E-state index is 0.936. The second kappa shape index (κ2) is 15.6. The minimum absolute atomic E-state index is 0.936. The zero-order valence-corrected chi connectivity index (χ0v) is 17.8. The van der Waals surface area contributed by atoms with Crippen LogP contribution in [0.2, 0.25) is 0 Å². The fraction of sp³-hybridized carbons (Fsp3) is 0.259. The van der Waals surface area contributed by atoms with Gasteiger partial charge in [-0.3, -0.25) is 0 Å². The lowest BCUT2D eigenvalue weighted by Gasteiger charge is -1.99. The fourth-order valence-corrected chi connectivity index (χ4v) is 2.30. The molecule has 144 valence electrons. The highest BCUT2D eigenvalue weighted by atomic mass is 14.0. The quantitative estimate of drug-likeness (QED) is 0.369. The zero-order valence-electron chi connectivity index (χ0n) is 17.8. The fourth-order valence-electron chi connectivity index (χ4n) is 2.30. The van der Waals surface area contributed by atoms with E-state index < -0.39 is 0 Å². The molecule has 0 aliphatic heterocycles. The Hall–Kier alpha value is -2.60. The smallest absolute Gasteiger partial charge is 0.00727 e. The van der Waals surface area contributed by atoms with E-state index in [2.05, 4.69) is 88.5 Å². The van der Waals surface area contributed by atoms with Crippen LogP contribution in [0, 0.1) is 6.92 Å². The van der Waals surface area contributed by atoms with Gasteiger partial charge >= 0.3 is 0 Å². The monoisotopic (exact) mass is 360 g/mol. The summed E-state index contributed by atoms with van der Waals surface area (Å²) in [6, 6.07) is 14.9. The van der Waals surface area contributed by atoms with Gasteiger partial charge in [-0.1, -0.05) is 123 Å². The summed E-state index contributed by atoms with van der Waals surface area (Å²) < 4.78 is 0. The van der Waals surface area contributed by atoms with Crippen molar-refractivity contribution in [1.29, 1.82) is 0 Å². The molecule has 0 aliphatic carbocycles. The molecule has 0 radical (unpaired) electrons. The maximum atomic E-state index is 3.89. The number of allylic oxidation sites excluding steroid dienone is 8. The van der Waals surface area contributed by atoms with E-state index in [9.17, 15) is 0 Å². The van der Waals surface area contributed by atoms with Crippen molar-refractivity contribution in [2.24, 2.45) is 0 Å². The predicted molar refractivity (Wildman–Crippen MR) is 126 cm³/mol. The molecule has 0 amide bonds. The van der Waals surface area contributed by atoms with Crippen LogP contribution < -0.4 is 0 Å². The third-order valence-electron chi connectivity index (χ3n) is 3.35. The average molecular weight is 361 g/mol. The maximum absolute atomic E-state index is 3.89. The van der Waals surface area contributed by atoms with Crippen LogP contribution in [0.5, 0.6) is 0 Å². The van der Waals surface area contributed by atoms with Crippen molar-refractivity contribution in [3.05, 3.63) is 109 Å². The van der Waals surface area contributed by atoms with Crippen molar-refractivity contribution in [2.45, 2.75) is 47.5 Å². The molecule has 0 atom stereocenters. The molecule has 0 aromatic heterocycles. The Balaban J connectivity index is 0.000000440. The topological polar surface area (TPSA) is 0 Å². The Bertz CT molecular complexity index is 769. The molecule has 2 rings (SSSR count). The number of hydrogen-bond acceptors (Lipinski definition) is 0. The van der Waals surface area contributed by atoms with Gasteiger partial charge in [0.2, 0.25) is 0 Å². The van der Waals surface area contributed by atoms with Crippen LogP contribution in [0.15, 0.2) is 103 Å². The lowest BCUT2D eigenvalue weighted by molar-refractivity contribution is 1.09. The van der Waals surface area contributed by atoms with Gasteiger partial charge < -0.3 is 0 Å². The van der Waals surface area contributed by atoms with Gasteiger partial charge in [0.1, 0.15) is 0 Å². The highest BCUT2D eigenvalue weighted by molar-refractivity contribution is 5.82. The minimum Gasteiger partial charge on any atom is -0.0998 e. The summed E-state index contributed by atoms with van der Waals surface area (Å²) in [7, 11) is 0. The van der Waals surface area contributed by atoms with Crippen molar-refractivity contribution < 1.29 is 0 Å². The van der Waals surface area contributed by atoms with E-state index in [-0.39, 0.29) is 0 Å². The molecule has 0 spiro atoms. The van der Waals surface area contributed by atoms with E-state index in [0.29, 0.717) is 0 Å². The summed E-state index contributed by atoms with van der Waals surface area (Å²) in [5.41, 5.74) is 3.77. The van der Waals surface area contributed by atoms with E-state index in [0.717, 1.165) is 6.42 Å². The molecule has 0 saturated heterocycles. The van der Waals surface area contributed by atoms with Gasteiger partial charge in [-0.05, 0) is 43.5 Å². The first kappa shape index (κ1) is 24.4. The van der Waals surface area contributed by atoms with Crippen molar-refractivity contribution >= 4 is 10.8 Å². The van der Waals surface area contributed by atoms with E-state index in [1.165, 1.54) is 33.9 Å². The van der Waals surface area contributed by atoms with Crippen LogP contribution in [-0.4, -0.2) is 0 Å². The van der Waals surface area contributed by atoms with Crippen LogP contribution >= 0.6 is 0 Å². The Kier molecular flexibility index (Phi) is 14.1. The molecule has 0 nitrogen and oxygen atoms in total. The Morgan fingerprint density at radius 2 is 1.63 bits per heavy atom. The molecule has 0 saturated carbocycles. The van der Waals surface area contributed by atoms with Crippen LogP contribution in [0.4, 0.5) is 0 Å². The van der Waals surface area contributed by atoms with Crippen LogP contribution in [-0.2, 0) is 0 Å². The zero-order chi connectivity index (χ0) is 20.5. The van der Waals surface area contributed by atoms with E-state index in [4.69, 9.17) is 0 Å². The second-order valence-corrected chi connectivity index (χ2v) is 6.55. The SMILES string of the molecule is C=C\C=C/C=C(/C=C\C)CC(=C)C.CCC.Cc1ccc2ccccc2c1. The number of fused-ring (bicyclic) bond motifs is 1. The molecule has 0 N–H and O–H groups in total. The highest BCUT2D eigenvalue weighted by Gasteiger charge is 1.90. The summed E-state index contributed by atoms with van der Waals surface area (Å²) in [5.74, 6) is 0. The maximum Gasteiger partial charge on any atom is -0.00727 e. The average Bonchev–Trinajstić information content (AvgIpc) is 2.63. The van der Waals surface area contributed by atoms with Crippen LogP contribution in [0.1, 0.15) is 46.1 Å². The summed E-state index contributed by atoms with van der Waals surface area (Å²) in [6.07, 6.45) is 14.1. The van der Waals surface area contributed by atoms with Gasteiger partial charge in [0.15, 0.2) is 0 Å². The number of aryl methyl sites for hydroxylation is 1. The standard InChI is InChI=1S/C13H18.C11H10.C3H8/c1-5-7-8-10-13(9-6-2)11-12(3)4;1-9-6-7-10-4-2-3-5-11(10)8-9;1-3-2/h5-10H,1,3,11H2,2,4H3;2-8H,1H3;3H2,1-2H3/b8-7-,9-6-,13-10-;;. The normalized spacial score (nSPS) is 10.9. The van der Waals surface area contributed by atoms with Crippen molar-refractivity contribution in [2.75, 3.05) is 0 Å². The molecule has 0 heteroatoms. The third-order valence-corrected chi connectivity index (χ3v) is 3.35. The van der Waals surface area contributed by atoms with Gasteiger partial charge in [0.05, 0.1) is 0 Å². The van der Waals surface area contributed by atoms with E-state index >= 15 is 0 Å². The predicted octanol–water partition coefficient (Wildman–Crippen LogP) is 8.76. The Labute approximate surface area is 167 Å². The van der Waals surface area contributed by atoms with Crippen LogP contribution in [0.25, 0.3) is 10.8 Å². The summed E-state index contributed by atoms with van der Waals surface area (Å²) in [4.78, 5) is 0. The molecule has 0 unspecified atom stereocenters. The first-order valence-electron chi connectivity index (χ1n) is 9.69. The summed E-state index contributed by atoms with van der Waals surface area (Å²) in [6.45, 7) is 17.9. The third kappa shape index (κ3) is 12.4. The highest BCUT2D eigenvalue weighted by Crippen LogP contribution is 2.14. The first-order valence-corrected chi connectivity index (χ1v) is 9.69. The van der Waals surface area contributed by atoms with Gasteiger partial charge in [-0.15, -0.1) is 0 Å². The second-order valence-electron chi connectivity index (χ2n) is 6.55. The largest absolute Gasteiger partial charge is 0.0998 e. The molecule has 0 bridgehead atoms. The molecular weight excluding hydrogens is 324 g/mol. The van der Waals surface area contributed by atoms with Crippen molar-refractivity contribution in [1.82, 2.24) is 0 Å². The Morgan fingerprint density at radius 1 is 1.00 bits per heavy atom. The molecular formula is C27H36. The van der Waals surface area contributed by atoms with Crippen molar-refractivity contribution in [3.63, 3.8) is 0 Å². The molecule has 2 aromatic carbocycles. The van der Waals surface area contributed by atoms with Gasteiger partial charge in [-0.25, -0.2) is 0 Å². The van der Waals surface area contributed by atoms with E-state index in [1.54, 1.807) is 6.08 Å². The van der Waals surface area contributed by atoms with Gasteiger partial charge in [0.25, 0.3) is 0 Å². The van der Waals surface area contributed by atoms with Crippen LogP contribution in [0.3, 0.4) is 0 Å². The van der Waals surface area contributed by atoms with Gasteiger partial charge in [0, 0.05) is 0 Å². The molecule has 0 fully saturated rings. The molecule has 2 aromatic rings. The molecule has 0 aliphatic rings. The summed E-state index contributed by atoms with van der Waals surface area (Å²) >= 11 is 0. The summed E-state index contributed by atoms with van der Waals surface area (Å²) in [5, 5.41) is 2.64. The number of hydrogen-bond donors (Lipinski definition) is 0. The number of benzene rings is 2. The lowest BCUT2D eigenvalue weighted by Crippen LogP contribution is -1.79. The number of rotatable bonds is 5. The van der Waals surface area contributed by atoms with Gasteiger partial charge in [-0.2, -0.15) is 0 Å². The first-order chi connectivity index (χ1) is 13.0. The van der Waals surface area contributed by atoms with E-state index in [1.807, 2.05) is 32.1 Å². The lowest BCUT2D eigenvalue weighted by atomic mass is 10.1. The Morgan fingerprint density at radius 3 is 2.19 bits per heavy atom. The molecule has 0 heterocycles.